The van der Waals surface area contributed by atoms with Gasteiger partial charge in [0, 0.05) is 0 Å². The Morgan fingerprint density at radius 3 is 1.33 bits per heavy atom. The first-order valence-corrected chi connectivity index (χ1v) is 7.43. The van der Waals surface area contributed by atoms with Crippen LogP contribution in [-0.4, -0.2) is 5.16 Å². The first-order chi connectivity index (χ1) is 6.75. The van der Waals surface area contributed by atoms with Gasteiger partial charge in [-0.25, -0.2) is 0 Å². The van der Waals surface area contributed by atoms with Crippen molar-refractivity contribution in [2.45, 2.75) is 43.7 Å². The molecule has 4 aliphatic carbocycles. The standard InChI is InChI=1S/C10H15F4P/c11-15(12,13,14)10-4-7-1-8(5-10)3-9(2-7)6-10/h7-9H,1-6H2. The van der Waals surface area contributed by atoms with Crippen molar-refractivity contribution in [3.05, 3.63) is 0 Å². The van der Waals surface area contributed by atoms with Gasteiger partial charge in [0.05, 0.1) is 0 Å². The van der Waals surface area contributed by atoms with Gasteiger partial charge in [0.15, 0.2) is 0 Å². The Balaban J connectivity index is 2.00. The number of halogens is 4. The first kappa shape index (κ1) is 10.3. The molecule has 0 aromatic rings. The molecule has 5 heteroatoms. The summed E-state index contributed by atoms with van der Waals surface area (Å²) in [5.41, 5.74) is 0. The van der Waals surface area contributed by atoms with Crippen LogP contribution in [-0.2, 0) is 0 Å². The second-order valence-electron chi connectivity index (χ2n) is 5.86. The van der Waals surface area contributed by atoms with Gasteiger partial charge in [0.25, 0.3) is 0 Å². The molecule has 0 nitrogen and oxygen atoms in total. The van der Waals surface area contributed by atoms with Crippen LogP contribution in [0.2, 0.25) is 0 Å². The van der Waals surface area contributed by atoms with E-state index >= 15 is 0 Å². The monoisotopic (exact) mass is 242 g/mol. The molecule has 0 atom stereocenters. The molecule has 4 saturated carbocycles. The van der Waals surface area contributed by atoms with Gasteiger partial charge in [-0.05, 0) is 0 Å². The van der Waals surface area contributed by atoms with Crippen LogP contribution >= 0.6 is 7.85 Å². The fourth-order valence-corrected chi connectivity index (χ4v) is 6.08. The van der Waals surface area contributed by atoms with E-state index in [0.717, 1.165) is 19.3 Å². The van der Waals surface area contributed by atoms with Crippen molar-refractivity contribution in [3.8, 4) is 0 Å². The summed E-state index contributed by atoms with van der Waals surface area (Å²) in [7, 11) is -7.38. The van der Waals surface area contributed by atoms with Crippen LogP contribution in [0.3, 0.4) is 0 Å². The van der Waals surface area contributed by atoms with Crippen LogP contribution in [0.5, 0.6) is 0 Å². The van der Waals surface area contributed by atoms with E-state index in [1.54, 1.807) is 0 Å². The third kappa shape index (κ3) is 1.36. The third-order valence-corrected chi connectivity index (χ3v) is 6.71. The molecule has 0 saturated heterocycles. The van der Waals surface area contributed by atoms with Gasteiger partial charge in [-0.3, -0.25) is 0 Å². The predicted molar refractivity (Wildman–Crippen MR) is 52.3 cm³/mol. The maximum absolute atomic E-state index is 13.1. The molecule has 0 heterocycles. The number of rotatable bonds is 1. The molecular formula is C10H15F4P. The molecule has 0 radical (unpaired) electrons. The van der Waals surface area contributed by atoms with Crippen molar-refractivity contribution in [2.75, 3.05) is 0 Å². The van der Waals surface area contributed by atoms with Gasteiger partial charge >= 0.3 is 86.1 Å². The average Bonchev–Trinajstić information content (AvgIpc) is 1.96. The molecular weight excluding hydrogens is 227 g/mol. The summed E-state index contributed by atoms with van der Waals surface area (Å²) >= 11 is 0. The second kappa shape index (κ2) is 2.52. The van der Waals surface area contributed by atoms with Crippen molar-refractivity contribution >= 4 is 7.85 Å². The zero-order chi connectivity index (χ0) is 10.9. The van der Waals surface area contributed by atoms with Crippen LogP contribution in [0.15, 0.2) is 0 Å². The van der Waals surface area contributed by atoms with Crippen LogP contribution in [0.4, 0.5) is 16.8 Å². The first-order valence-electron chi connectivity index (χ1n) is 5.63. The minimum absolute atomic E-state index is 0.0951. The van der Waals surface area contributed by atoms with Crippen LogP contribution in [0, 0.1) is 17.8 Å². The van der Waals surface area contributed by atoms with E-state index in [2.05, 4.69) is 0 Å². The predicted octanol–water partition coefficient (Wildman–Crippen LogP) is 5.05. The van der Waals surface area contributed by atoms with E-state index < -0.39 is 13.0 Å². The fourth-order valence-electron chi connectivity index (χ4n) is 4.48. The van der Waals surface area contributed by atoms with Crippen LogP contribution in [0.1, 0.15) is 38.5 Å². The minimum atomic E-state index is -7.38. The Morgan fingerprint density at radius 1 is 0.733 bits per heavy atom. The molecule has 15 heavy (non-hydrogen) atoms. The zero-order valence-corrected chi connectivity index (χ0v) is 9.33. The van der Waals surface area contributed by atoms with E-state index in [9.17, 15) is 16.8 Å². The molecule has 0 unspecified atom stereocenters. The molecule has 0 amide bonds. The van der Waals surface area contributed by atoms with E-state index in [4.69, 9.17) is 0 Å². The van der Waals surface area contributed by atoms with Gasteiger partial charge in [-0.15, -0.1) is 0 Å². The quantitative estimate of drug-likeness (QED) is 0.446. The normalized spacial score (nSPS) is 51.5. The molecule has 4 aliphatic rings. The molecule has 0 aromatic heterocycles. The van der Waals surface area contributed by atoms with Crippen molar-refractivity contribution in [1.82, 2.24) is 0 Å². The summed E-state index contributed by atoms with van der Waals surface area (Å²) < 4.78 is 52.6. The summed E-state index contributed by atoms with van der Waals surface area (Å²) in [6.45, 7) is 0. The van der Waals surface area contributed by atoms with Crippen molar-refractivity contribution in [1.29, 1.82) is 0 Å². The number of hydrogen-bond donors (Lipinski definition) is 0. The Bertz CT molecular complexity index is 262. The summed E-state index contributed by atoms with van der Waals surface area (Å²) in [5, 5.41) is -1.86. The summed E-state index contributed by atoms with van der Waals surface area (Å²) in [6.07, 6.45) is 3.05. The molecule has 88 valence electrons. The van der Waals surface area contributed by atoms with Crippen LogP contribution < -0.4 is 0 Å². The Morgan fingerprint density at radius 2 is 1.07 bits per heavy atom. The molecule has 4 fully saturated rings. The van der Waals surface area contributed by atoms with Gasteiger partial charge in [-0.2, -0.15) is 0 Å². The van der Waals surface area contributed by atoms with Gasteiger partial charge in [-0.1, -0.05) is 0 Å². The second-order valence-corrected chi connectivity index (χ2v) is 8.25. The number of hydrogen-bond acceptors (Lipinski definition) is 0. The summed E-state index contributed by atoms with van der Waals surface area (Å²) in [6, 6.07) is 0. The van der Waals surface area contributed by atoms with Crippen molar-refractivity contribution < 1.29 is 16.8 Å². The van der Waals surface area contributed by atoms with E-state index in [1.807, 2.05) is 0 Å². The Kier molecular flexibility index (Phi) is 1.73. The third-order valence-electron chi connectivity index (χ3n) is 4.72. The van der Waals surface area contributed by atoms with Gasteiger partial charge in [0.2, 0.25) is 0 Å². The molecule has 0 aromatic carbocycles. The summed E-state index contributed by atoms with van der Waals surface area (Å²) in [5.74, 6) is 0.488. The van der Waals surface area contributed by atoms with E-state index in [-0.39, 0.29) is 37.0 Å². The van der Waals surface area contributed by atoms with Crippen LogP contribution in [0.25, 0.3) is 0 Å². The topological polar surface area (TPSA) is 0 Å². The van der Waals surface area contributed by atoms with Crippen molar-refractivity contribution in [2.24, 2.45) is 17.8 Å². The molecule has 4 rings (SSSR count). The fraction of sp³-hybridized carbons (Fsp3) is 1.00. The average molecular weight is 242 g/mol. The Labute approximate surface area is 86.8 Å². The van der Waals surface area contributed by atoms with E-state index in [0.29, 0.717) is 0 Å². The molecule has 0 spiro atoms. The maximum atomic E-state index is 13.1. The zero-order valence-electron chi connectivity index (χ0n) is 8.43. The molecule has 4 bridgehead atoms. The molecule has 0 N–H and O–H groups in total. The van der Waals surface area contributed by atoms with Gasteiger partial charge < -0.3 is 0 Å². The Hall–Kier alpha value is 0.150. The van der Waals surface area contributed by atoms with Gasteiger partial charge in [0.1, 0.15) is 0 Å². The van der Waals surface area contributed by atoms with Crippen molar-refractivity contribution in [3.63, 3.8) is 0 Å². The SMILES string of the molecule is FP(F)(F)(F)C12CC3CC(CC(C3)C1)C2. The summed E-state index contributed by atoms with van der Waals surface area (Å²) in [4.78, 5) is 0. The molecule has 0 aliphatic heterocycles. The van der Waals surface area contributed by atoms with E-state index in [1.165, 1.54) is 0 Å².